The second kappa shape index (κ2) is 10.6. The fraction of sp³-hybridized carbons (Fsp3) is 0.104. The summed E-state index contributed by atoms with van der Waals surface area (Å²) in [7, 11) is 0. The van der Waals surface area contributed by atoms with Gasteiger partial charge in [-0.2, -0.15) is 0 Å². The number of aromatic nitrogens is 4. The van der Waals surface area contributed by atoms with Gasteiger partial charge < -0.3 is 9.13 Å². The number of imidazole rings is 1. The molecule has 0 unspecified atom stereocenters. The van der Waals surface area contributed by atoms with E-state index in [4.69, 9.17) is 4.98 Å². The van der Waals surface area contributed by atoms with Gasteiger partial charge in [0, 0.05) is 56.0 Å². The minimum atomic E-state index is -0.214. The quantitative estimate of drug-likeness (QED) is 0.183. The molecule has 0 aliphatic heterocycles. The van der Waals surface area contributed by atoms with E-state index in [1.54, 1.807) is 0 Å². The third kappa shape index (κ3) is 3.73. The zero-order chi connectivity index (χ0) is 34.7. The monoisotopic (exact) mass is 668 g/mol. The van der Waals surface area contributed by atoms with Crippen molar-refractivity contribution in [3.05, 3.63) is 169 Å². The first-order valence-electron chi connectivity index (χ1n) is 18.3. The molecule has 3 heterocycles. The summed E-state index contributed by atoms with van der Waals surface area (Å²) in [4.78, 5) is 4.97. The summed E-state index contributed by atoms with van der Waals surface area (Å²) in [6.45, 7) is 7.01. The third-order valence-electron chi connectivity index (χ3n) is 11.5. The number of rotatable bonds is 4. The van der Waals surface area contributed by atoms with Gasteiger partial charge in [-0.25, -0.2) is 4.98 Å². The minimum Gasteiger partial charge on any atom is -0.309 e. The number of hydrogen-bond acceptors (Lipinski definition) is 1. The number of hydrogen-bond donors (Lipinski definition) is 0. The van der Waals surface area contributed by atoms with Crippen LogP contribution in [0.25, 0.3) is 82.8 Å². The maximum Gasteiger partial charge on any atom is 0.114 e. The zero-order valence-corrected chi connectivity index (χ0v) is 29.4. The summed E-state index contributed by atoms with van der Waals surface area (Å²) in [5.74, 6) is 1.07. The lowest BCUT2D eigenvalue weighted by molar-refractivity contribution is 0.667. The minimum absolute atomic E-state index is 0.214. The van der Waals surface area contributed by atoms with Gasteiger partial charge in [-0.05, 0) is 77.4 Å². The van der Waals surface area contributed by atoms with Crippen molar-refractivity contribution in [3.63, 3.8) is 0 Å². The van der Waals surface area contributed by atoms with E-state index in [1.807, 2.05) is 0 Å². The van der Waals surface area contributed by atoms with E-state index in [-0.39, 0.29) is 5.41 Å². The number of nitrogens with zero attached hydrogens (tertiary/aromatic N) is 4. The van der Waals surface area contributed by atoms with Crippen LogP contribution < -0.4 is 0 Å². The van der Waals surface area contributed by atoms with Gasteiger partial charge in [0.05, 0.1) is 33.1 Å². The molecule has 0 spiro atoms. The van der Waals surface area contributed by atoms with Gasteiger partial charge in [0.1, 0.15) is 5.82 Å². The van der Waals surface area contributed by atoms with Crippen LogP contribution in [0.3, 0.4) is 0 Å². The third-order valence-corrected chi connectivity index (χ3v) is 11.5. The Kier molecular flexibility index (Phi) is 5.96. The molecule has 4 nitrogen and oxygen atoms in total. The average molecular weight is 669 g/mol. The molecule has 248 valence electrons. The summed E-state index contributed by atoms with van der Waals surface area (Å²) < 4.78 is 7.36. The molecular weight excluding hydrogens is 633 g/mol. The maximum atomic E-state index is 4.97. The Balaban J connectivity index is 1.32. The Morgan fingerprint density at radius 3 is 1.75 bits per heavy atom. The van der Waals surface area contributed by atoms with Crippen molar-refractivity contribution in [1.29, 1.82) is 0 Å². The van der Waals surface area contributed by atoms with Crippen LogP contribution in [0.1, 0.15) is 37.7 Å². The molecule has 0 bridgehead atoms. The van der Waals surface area contributed by atoms with Gasteiger partial charge in [-0.3, -0.25) is 4.57 Å². The molecule has 3 aromatic heterocycles. The molecule has 0 amide bonds. The highest BCUT2D eigenvalue weighted by atomic mass is 15.1. The largest absolute Gasteiger partial charge is 0.309 e. The van der Waals surface area contributed by atoms with Gasteiger partial charge in [0.15, 0.2) is 0 Å². The molecule has 1 aliphatic carbocycles. The molecule has 4 heteroatoms. The van der Waals surface area contributed by atoms with Crippen LogP contribution in [0, 0.1) is 0 Å². The molecule has 11 rings (SSSR count). The van der Waals surface area contributed by atoms with Crippen molar-refractivity contribution < 1.29 is 0 Å². The number of para-hydroxylation sites is 5. The standard InChI is InChI=1S/C48H36N4/c1-4-41-49-37-22-12-15-25-40(37)50(41)31-26-28-32(29-27-31)52-38-23-13-9-19-34(38)43-45-42(33-18-8-11-21-36(33)48(45,2)3)46-44(47(43)52)35-20-10-14-24-39(35)51(46)30-16-6-5-7-17-30/h5-29H,4H2,1-3H3. The van der Waals surface area contributed by atoms with Crippen molar-refractivity contribution in [2.45, 2.75) is 32.6 Å². The molecule has 7 aromatic carbocycles. The Hall–Kier alpha value is -6.39. The van der Waals surface area contributed by atoms with E-state index in [9.17, 15) is 0 Å². The molecule has 0 saturated heterocycles. The van der Waals surface area contributed by atoms with Crippen LogP contribution in [0.4, 0.5) is 0 Å². The van der Waals surface area contributed by atoms with Gasteiger partial charge in [-0.1, -0.05) is 112 Å². The number of fused-ring (bicyclic) bond motifs is 13. The van der Waals surface area contributed by atoms with Crippen molar-refractivity contribution >= 4 is 54.6 Å². The Labute approximate surface area is 301 Å². The molecule has 0 N–H and O–H groups in total. The second-order valence-corrected chi connectivity index (χ2v) is 14.6. The van der Waals surface area contributed by atoms with Gasteiger partial charge in [0.2, 0.25) is 0 Å². The van der Waals surface area contributed by atoms with Crippen LogP contribution in [-0.4, -0.2) is 18.7 Å². The van der Waals surface area contributed by atoms with E-state index in [1.165, 1.54) is 71.6 Å². The molecular formula is C48H36N4. The summed E-state index contributed by atoms with van der Waals surface area (Å²) in [5, 5.41) is 5.17. The molecule has 0 radical (unpaired) electrons. The van der Waals surface area contributed by atoms with E-state index in [0.717, 1.165) is 34.7 Å². The van der Waals surface area contributed by atoms with Crippen LogP contribution >= 0.6 is 0 Å². The van der Waals surface area contributed by atoms with Crippen molar-refractivity contribution in [2.24, 2.45) is 0 Å². The highest BCUT2D eigenvalue weighted by molar-refractivity contribution is 6.31. The predicted octanol–water partition coefficient (Wildman–Crippen LogP) is 12.1. The number of benzene rings is 7. The van der Waals surface area contributed by atoms with Gasteiger partial charge >= 0.3 is 0 Å². The predicted molar refractivity (Wildman–Crippen MR) is 217 cm³/mol. The van der Waals surface area contributed by atoms with E-state index in [0.29, 0.717) is 0 Å². The average Bonchev–Trinajstić information content (AvgIpc) is 3.90. The van der Waals surface area contributed by atoms with Crippen LogP contribution in [-0.2, 0) is 11.8 Å². The first-order valence-corrected chi connectivity index (χ1v) is 18.3. The van der Waals surface area contributed by atoms with Crippen molar-refractivity contribution in [3.8, 4) is 28.2 Å². The topological polar surface area (TPSA) is 27.7 Å². The van der Waals surface area contributed by atoms with Crippen molar-refractivity contribution in [2.75, 3.05) is 0 Å². The SMILES string of the molecule is CCc1nc2ccccc2n1-c1ccc(-n2c3ccccc3c3c4c(c5c(c6ccccc6n5-c5ccccc5)c32)-c2ccccc2C4(C)C)cc1. The molecule has 0 fully saturated rings. The zero-order valence-electron chi connectivity index (χ0n) is 29.4. The summed E-state index contributed by atoms with van der Waals surface area (Å²) in [5.41, 5.74) is 15.8. The van der Waals surface area contributed by atoms with Crippen LogP contribution in [0.2, 0.25) is 0 Å². The first kappa shape index (κ1) is 29.4. The highest BCUT2D eigenvalue weighted by Crippen LogP contribution is 2.58. The summed E-state index contributed by atoms with van der Waals surface area (Å²) >= 11 is 0. The van der Waals surface area contributed by atoms with Crippen molar-refractivity contribution in [1.82, 2.24) is 18.7 Å². The summed E-state index contributed by atoms with van der Waals surface area (Å²) in [6, 6.07) is 55.5. The van der Waals surface area contributed by atoms with E-state index < -0.39 is 0 Å². The number of aryl methyl sites for hydroxylation is 1. The molecule has 1 aliphatic rings. The second-order valence-electron chi connectivity index (χ2n) is 14.6. The lowest BCUT2D eigenvalue weighted by atomic mass is 9.80. The van der Waals surface area contributed by atoms with Crippen LogP contribution in [0.5, 0.6) is 0 Å². The normalized spacial score (nSPS) is 13.5. The fourth-order valence-electron chi connectivity index (χ4n) is 9.42. The molecule has 52 heavy (non-hydrogen) atoms. The molecule has 10 aromatic rings. The van der Waals surface area contributed by atoms with Gasteiger partial charge in [0.25, 0.3) is 0 Å². The van der Waals surface area contributed by atoms with E-state index >= 15 is 0 Å². The highest BCUT2D eigenvalue weighted by Gasteiger charge is 2.41. The molecule has 0 saturated carbocycles. The lowest BCUT2D eigenvalue weighted by Gasteiger charge is -2.23. The first-order chi connectivity index (χ1) is 25.6. The van der Waals surface area contributed by atoms with E-state index in [2.05, 4.69) is 186 Å². The molecule has 0 atom stereocenters. The smallest absolute Gasteiger partial charge is 0.114 e. The fourth-order valence-corrected chi connectivity index (χ4v) is 9.42. The van der Waals surface area contributed by atoms with Gasteiger partial charge in [-0.15, -0.1) is 0 Å². The lowest BCUT2D eigenvalue weighted by Crippen LogP contribution is -2.15. The van der Waals surface area contributed by atoms with Crippen LogP contribution in [0.15, 0.2) is 152 Å². The maximum absolute atomic E-state index is 4.97. The Morgan fingerprint density at radius 1 is 0.500 bits per heavy atom. The summed E-state index contributed by atoms with van der Waals surface area (Å²) in [6.07, 6.45) is 0.857. The Bertz CT molecular complexity index is 3060. The Morgan fingerprint density at radius 2 is 1.04 bits per heavy atom.